The van der Waals surface area contributed by atoms with Gasteiger partial charge < -0.3 is 16.4 Å². The molecule has 1 aliphatic rings. The summed E-state index contributed by atoms with van der Waals surface area (Å²) in [5.74, 6) is 1.32. The molecular formula is C16H19N5O. The number of ketones is 1. The van der Waals surface area contributed by atoms with Crippen LogP contribution in [0.1, 0.15) is 22.5 Å². The van der Waals surface area contributed by atoms with Gasteiger partial charge in [-0.2, -0.15) is 0 Å². The molecule has 0 amide bonds. The molecule has 1 aliphatic heterocycles. The lowest BCUT2D eigenvalue weighted by Crippen LogP contribution is -2.24. The Kier molecular flexibility index (Phi) is 4.02. The number of pyridine rings is 2. The van der Waals surface area contributed by atoms with Crippen LogP contribution in [0.4, 0.5) is 11.6 Å². The quantitative estimate of drug-likeness (QED) is 0.819. The van der Waals surface area contributed by atoms with Gasteiger partial charge in [0.2, 0.25) is 5.78 Å². The van der Waals surface area contributed by atoms with Crippen LogP contribution in [-0.2, 0) is 0 Å². The van der Waals surface area contributed by atoms with Crippen LogP contribution < -0.4 is 16.4 Å². The molecule has 2 aromatic heterocycles. The Morgan fingerprint density at radius 2 is 2.18 bits per heavy atom. The van der Waals surface area contributed by atoms with E-state index < -0.39 is 0 Å². The number of hydrogen-bond acceptors (Lipinski definition) is 6. The van der Waals surface area contributed by atoms with Crippen LogP contribution in [0.5, 0.6) is 0 Å². The summed E-state index contributed by atoms with van der Waals surface area (Å²) >= 11 is 0. The number of rotatable bonds is 4. The predicted octanol–water partition coefficient (Wildman–Crippen LogP) is 1.07. The summed E-state index contributed by atoms with van der Waals surface area (Å²) in [4.78, 5) is 23.1. The number of nitrogen functional groups attached to an aromatic ring is 1. The van der Waals surface area contributed by atoms with E-state index in [2.05, 4.69) is 14.9 Å². The fraction of sp³-hybridized carbons (Fsp3) is 0.312. The molecule has 0 aliphatic carbocycles. The van der Waals surface area contributed by atoms with Crippen molar-refractivity contribution in [1.82, 2.24) is 9.97 Å². The normalized spacial score (nSPS) is 17.7. The fourth-order valence-corrected chi connectivity index (χ4v) is 2.71. The van der Waals surface area contributed by atoms with Crippen molar-refractivity contribution in [2.45, 2.75) is 6.42 Å². The first-order chi connectivity index (χ1) is 10.7. The Morgan fingerprint density at radius 1 is 1.32 bits per heavy atom. The number of carbonyl (C=O) groups is 1. The summed E-state index contributed by atoms with van der Waals surface area (Å²) in [6, 6.07) is 8.83. The lowest BCUT2D eigenvalue weighted by Gasteiger charge is -2.17. The second-order valence-corrected chi connectivity index (χ2v) is 5.48. The van der Waals surface area contributed by atoms with Crippen molar-refractivity contribution in [1.29, 1.82) is 0 Å². The van der Waals surface area contributed by atoms with E-state index in [1.165, 1.54) is 0 Å². The number of anilines is 2. The summed E-state index contributed by atoms with van der Waals surface area (Å²) in [5.41, 5.74) is 12.3. The molecule has 6 heteroatoms. The van der Waals surface area contributed by atoms with Crippen LogP contribution in [0, 0.1) is 5.92 Å². The molecule has 114 valence electrons. The third-order valence-corrected chi connectivity index (χ3v) is 3.99. The van der Waals surface area contributed by atoms with Gasteiger partial charge in [0, 0.05) is 19.3 Å². The predicted molar refractivity (Wildman–Crippen MR) is 85.7 cm³/mol. The summed E-state index contributed by atoms with van der Waals surface area (Å²) < 4.78 is 0. The molecule has 0 aromatic carbocycles. The fourth-order valence-electron chi connectivity index (χ4n) is 2.71. The van der Waals surface area contributed by atoms with Crippen molar-refractivity contribution in [3.8, 4) is 0 Å². The van der Waals surface area contributed by atoms with Crippen LogP contribution in [0.15, 0.2) is 36.5 Å². The van der Waals surface area contributed by atoms with Gasteiger partial charge in [-0.15, -0.1) is 0 Å². The molecule has 3 heterocycles. The molecule has 22 heavy (non-hydrogen) atoms. The SMILES string of the molecule is NCC1CCN(c2cccc(C(=O)c3cccnc3N)n2)C1. The minimum atomic E-state index is -0.206. The van der Waals surface area contributed by atoms with E-state index in [1.807, 2.05) is 12.1 Å². The number of nitrogens with zero attached hydrogens (tertiary/aromatic N) is 3. The highest BCUT2D eigenvalue weighted by Gasteiger charge is 2.23. The molecule has 4 N–H and O–H groups in total. The smallest absolute Gasteiger partial charge is 0.215 e. The van der Waals surface area contributed by atoms with Gasteiger partial charge in [-0.05, 0) is 43.1 Å². The first-order valence-electron chi connectivity index (χ1n) is 7.36. The van der Waals surface area contributed by atoms with Crippen LogP contribution in [-0.4, -0.2) is 35.4 Å². The molecule has 1 atom stereocenters. The van der Waals surface area contributed by atoms with Gasteiger partial charge in [0.15, 0.2) is 0 Å². The van der Waals surface area contributed by atoms with Gasteiger partial charge in [0.25, 0.3) is 0 Å². The Balaban J connectivity index is 1.85. The van der Waals surface area contributed by atoms with Gasteiger partial charge in [-0.3, -0.25) is 4.79 Å². The molecular weight excluding hydrogens is 278 g/mol. The third-order valence-electron chi connectivity index (χ3n) is 3.99. The molecule has 1 fully saturated rings. The highest BCUT2D eigenvalue weighted by atomic mass is 16.1. The topological polar surface area (TPSA) is 98.1 Å². The lowest BCUT2D eigenvalue weighted by molar-refractivity contribution is 0.103. The van der Waals surface area contributed by atoms with E-state index in [1.54, 1.807) is 24.4 Å². The first kappa shape index (κ1) is 14.5. The highest BCUT2D eigenvalue weighted by molar-refractivity contribution is 6.10. The number of hydrogen-bond donors (Lipinski definition) is 2. The monoisotopic (exact) mass is 297 g/mol. The molecule has 2 aromatic rings. The maximum Gasteiger partial charge on any atom is 0.215 e. The summed E-state index contributed by atoms with van der Waals surface area (Å²) in [6.07, 6.45) is 2.62. The van der Waals surface area contributed by atoms with Crippen LogP contribution >= 0.6 is 0 Å². The van der Waals surface area contributed by atoms with Crippen molar-refractivity contribution in [3.05, 3.63) is 47.8 Å². The average molecular weight is 297 g/mol. The summed E-state index contributed by atoms with van der Waals surface area (Å²) in [7, 11) is 0. The first-order valence-corrected chi connectivity index (χ1v) is 7.36. The zero-order chi connectivity index (χ0) is 15.5. The van der Waals surface area contributed by atoms with E-state index in [0.29, 0.717) is 23.7 Å². The van der Waals surface area contributed by atoms with E-state index in [4.69, 9.17) is 11.5 Å². The maximum atomic E-state index is 12.5. The van der Waals surface area contributed by atoms with Crippen molar-refractivity contribution in [3.63, 3.8) is 0 Å². The summed E-state index contributed by atoms with van der Waals surface area (Å²) in [6.45, 7) is 2.49. The summed E-state index contributed by atoms with van der Waals surface area (Å²) in [5, 5.41) is 0. The number of nitrogens with two attached hydrogens (primary N) is 2. The molecule has 1 saturated heterocycles. The third kappa shape index (κ3) is 2.78. The molecule has 0 radical (unpaired) electrons. The van der Waals surface area contributed by atoms with Crippen LogP contribution in [0.3, 0.4) is 0 Å². The largest absolute Gasteiger partial charge is 0.383 e. The van der Waals surface area contributed by atoms with E-state index in [0.717, 1.165) is 25.3 Å². The molecule has 1 unspecified atom stereocenters. The van der Waals surface area contributed by atoms with E-state index in [-0.39, 0.29) is 11.6 Å². The minimum absolute atomic E-state index is 0.206. The number of aromatic nitrogens is 2. The van der Waals surface area contributed by atoms with Crippen molar-refractivity contribution < 1.29 is 4.79 Å². The molecule has 0 spiro atoms. The Morgan fingerprint density at radius 3 is 2.91 bits per heavy atom. The van der Waals surface area contributed by atoms with Gasteiger partial charge in [0.05, 0.1) is 5.56 Å². The van der Waals surface area contributed by atoms with Crippen LogP contribution in [0.25, 0.3) is 0 Å². The Hall–Kier alpha value is -2.47. The van der Waals surface area contributed by atoms with E-state index in [9.17, 15) is 4.79 Å². The van der Waals surface area contributed by atoms with Gasteiger partial charge in [-0.1, -0.05) is 6.07 Å². The lowest BCUT2D eigenvalue weighted by atomic mass is 10.1. The average Bonchev–Trinajstić information content (AvgIpc) is 3.04. The second kappa shape index (κ2) is 6.11. The van der Waals surface area contributed by atoms with Crippen LogP contribution in [0.2, 0.25) is 0 Å². The minimum Gasteiger partial charge on any atom is -0.383 e. The van der Waals surface area contributed by atoms with Crippen molar-refractivity contribution in [2.24, 2.45) is 11.7 Å². The van der Waals surface area contributed by atoms with Crippen molar-refractivity contribution in [2.75, 3.05) is 30.3 Å². The second-order valence-electron chi connectivity index (χ2n) is 5.48. The standard InChI is InChI=1S/C16H19N5O/c17-9-11-6-8-21(10-11)14-5-1-4-13(20-14)15(22)12-3-2-7-19-16(12)18/h1-5,7,11H,6,8-10,17H2,(H2,18,19). The Labute approximate surface area is 129 Å². The molecule has 0 saturated carbocycles. The Bertz CT molecular complexity index is 688. The van der Waals surface area contributed by atoms with Gasteiger partial charge in [-0.25, -0.2) is 9.97 Å². The maximum absolute atomic E-state index is 12.5. The zero-order valence-electron chi connectivity index (χ0n) is 12.3. The van der Waals surface area contributed by atoms with Gasteiger partial charge in [0.1, 0.15) is 17.3 Å². The zero-order valence-corrected chi connectivity index (χ0v) is 12.3. The molecule has 3 rings (SSSR count). The molecule has 6 nitrogen and oxygen atoms in total. The van der Waals surface area contributed by atoms with Crippen molar-refractivity contribution >= 4 is 17.4 Å². The number of carbonyl (C=O) groups excluding carboxylic acids is 1. The molecule has 0 bridgehead atoms. The van der Waals surface area contributed by atoms with Gasteiger partial charge >= 0.3 is 0 Å². The highest BCUT2D eigenvalue weighted by Crippen LogP contribution is 2.22. The van der Waals surface area contributed by atoms with E-state index >= 15 is 0 Å².